The molecule has 1 aliphatic carbocycles. The van der Waals surface area contributed by atoms with Gasteiger partial charge in [-0.25, -0.2) is 9.97 Å². The van der Waals surface area contributed by atoms with Crippen LogP contribution in [-0.4, -0.2) is 51.2 Å². The summed E-state index contributed by atoms with van der Waals surface area (Å²) in [4.78, 5) is 18.8. The lowest BCUT2D eigenvalue weighted by atomic mass is 9.91. The largest absolute Gasteiger partial charge is 0.354 e. The fraction of sp³-hybridized carbons (Fsp3) is 0.684. The summed E-state index contributed by atoms with van der Waals surface area (Å²) < 4.78 is 5.24. The summed E-state index contributed by atoms with van der Waals surface area (Å²) in [7, 11) is 0. The van der Waals surface area contributed by atoms with Crippen LogP contribution in [0.3, 0.4) is 0 Å². The third kappa shape index (κ3) is 3.87. The fourth-order valence-electron chi connectivity index (χ4n) is 3.25. The predicted molar refractivity (Wildman–Crippen MR) is 99.2 cm³/mol. The van der Waals surface area contributed by atoms with Crippen molar-refractivity contribution >= 4 is 5.82 Å². The molecule has 0 amide bonds. The second kappa shape index (κ2) is 6.61. The summed E-state index contributed by atoms with van der Waals surface area (Å²) in [6.07, 6.45) is 2.45. The molecule has 0 radical (unpaired) electrons. The fourth-order valence-corrected chi connectivity index (χ4v) is 3.25. The summed E-state index contributed by atoms with van der Waals surface area (Å²) in [6, 6.07) is 2.18. The molecule has 3 heterocycles. The van der Waals surface area contributed by atoms with Gasteiger partial charge in [-0.15, -0.1) is 0 Å². The molecule has 0 aromatic carbocycles. The number of hydrogen-bond donors (Lipinski definition) is 0. The average molecular weight is 356 g/mol. The van der Waals surface area contributed by atoms with Crippen molar-refractivity contribution in [2.45, 2.75) is 58.4 Å². The molecular formula is C19H28N6O. The first-order chi connectivity index (χ1) is 12.4. The minimum Gasteiger partial charge on any atom is -0.354 e. The molecule has 2 aromatic heterocycles. The Bertz CT molecular complexity index is 769. The van der Waals surface area contributed by atoms with Crippen LogP contribution in [0.4, 0.5) is 5.82 Å². The SMILES string of the molecule is Cc1noc(CN2CCN(c3cc(C(C)(C)C)nc(C4CC4)n3)CC2)n1. The predicted octanol–water partition coefficient (Wildman–Crippen LogP) is 2.67. The topological polar surface area (TPSA) is 71.2 Å². The third-order valence-corrected chi connectivity index (χ3v) is 5.07. The Kier molecular flexibility index (Phi) is 4.42. The molecule has 2 aromatic rings. The average Bonchev–Trinajstić information content (AvgIpc) is 3.38. The van der Waals surface area contributed by atoms with Gasteiger partial charge in [0.1, 0.15) is 11.6 Å². The van der Waals surface area contributed by atoms with Crippen LogP contribution in [0.15, 0.2) is 10.6 Å². The Morgan fingerprint density at radius 3 is 2.38 bits per heavy atom. The molecule has 0 spiro atoms. The van der Waals surface area contributed by atoms with Gasteiger partial charge < -0.3 is 9.42 Å². The van der Waals surface area contributed by atoms with Crippen molar-refractivity contribution in [1.29, 1.82) is 0 Å². The van der Waals surface area contributed by atoms with E-state index in [-0.39, 0.29) is 5.41 Å². The molecule has 0 unspecified atom stereocenters. The Balaban J connectivity index is 1.46. The highest BCUT2D eigenvalue weighted by atomic mass is 16.5. The maximum absolute atomic E-state index is 5.24. The first-order valence-electron chi connectivity index (χ1n) is 9.54. The van der Waals surface area contributed by atoms with Gasteiger partial charge in [0.2, 0.25) is 5.89 Å². The molecule has 1 saturated carbocycles. The lowest BCUT2D eigenvalue weighted by Gasteiger charge is -2.35. The molecule has 1 saturated heterocycles. The van der Waals surface area contributed by atoms with Crippen LogP contribution in [-0.2, 0) is 12.0 Å². The Labute approximate surface area is 154 Å². The molecule has 0 bridgehead atoms. The molecule has 4 rings (SSSR count). The number of piperazine rings is 1. The van der Waals surface area contributed by atoms with Crippen molar-refractivity contribution in [2.75, 3.05) is 31.1 Å². The van der Waals surface area contributed by atoms with E-state index in [9.17, 15) is 0 Å². The van der Waals surface area contributed by atoms with Crippen LogP contribution < -0.4 is 4.90 Å². The van der Waals surface area contributed by atoms with E-state index in [0.717, 1.165) is 50.1 Å². The molecule has 0 atom stereocenters. The van der Waals surface area contributed by atoms with Crippen molar-refractivity contribution in [3.8, 4) is 0 Å². The van der Waals surface area contributed by atoms with Gasteiger partial charge in [-0.05, 0) is 19.8 Å². The second-order valence-corrected chi connectivity index (χ2v) is 8.49. The van der Waals surface area contributed by atoms with Crippen LogP contribution in [0.25, 0.3) is 0 Å². The number of rotatable bonds is 4. The lowest BCUT2D eigenvalue weighted by Crippen LogP contribution is -2.46. The van der Waals surface area contributed by atoms with E-state index < -0.39 is 0 Å². The van der Waals surface area contributed by atoms with Crippen LogP contribution in [0.2, 0.25) is 0 Å². The number of hydrogen-bond acceptors (Lipinski definition) is 7. The number of nitrogens with zero attached hydrogens (tertiary/aromatic N) is 6. The maximum atomic E-state index is 5.24. The van der Waals surface area contributed by atoms with Gasteiger partial charge in [0, 0.05) is 43.6 Å². The minimum absolute atomic E-state index is 0.0406. The van der Waals surface area contributed by atoms with Gasteiger partial charge in [-0.3, -0.25) is 4.90 Å². The molecule has 7 heteroatoms. The number of aryl methyl sites for hydroxylation is 1. The Morgan fingerprint density at radius 1 is 1.08 bits per heavy atom. The first kappa shape index (κ1) is 17.4. The van der Waals surface area contributed by atoms with Crippen LogP contribution >= 0.6 is 0 Å². The molecule has 7 nitrogen and oxygen atoms in total. The summed E-state index contributed by atoms with van der Waals surface area (Å²) in [5.41, 5.74) is 1.19. The van der Waals surface area contributed by atoms with Gasteiger partial charge in [-0.2, -0.15) is 4.98 Å². The van der Waals surface area contributed by atoms with Crippen LogP contribution in [0.5, 0.6) is 0 Å². The molecule has 2 aliphatic rings. The molecule has 0 N–H and O–H groups in total. The first-order valence-corrected chi connectivity index (χ1v) is 9.54. The van der Waals surface area contributed by atoms with E-state index in [2.05, 4.69) is 46.8 Å². The van der Waals surface area contributed by atoms with Crippen LogP contribution in [0.1, 0.15) is 62.8 Å². The second-order valence-electron chi connectivity index (χ2n) is 8.49. The standard InChI is InChI=1S/C19H28N6O/c1-13-20-17(26-23-13)12-24-7-9-25(10-8-24)16-11-15(19(2,3)4)21-18(22-16)14-5-6-14/h11,14H,5-10,12H2,1-4H3. The zero-order valence-electron chi connectivity index (χ0n) is 16.2. The Hall–Kier alpha value is -2.02. The van der Waals surface area contributed by atoms with E-state index in [1.165, 1.54) is 12.8 Å². The summed E-state index contributed by atoms with van der Waals surface area (Å²) in [5.74, 6) is 4.08. The van der Waals surface area contributed by atoms with E-state index in [0.29, 0.717) is 17.6 Å². The number of aromatic nitrogens is 4. The molecule has 1 aliphatic heterocycles. The van der Waals surface area contributed by atoms with Gasteiger partial charge in [0.05, 0.1) is 12.2 Å². The highest BCUT2D eigenvalue weighted by Gasteiger charge is 2.30. The van der Waals surface area contributed by atoms with Crippen molar-refractivity contribution in [2.24, 2.45) is 0 Å². The molecule has 2 fully saturated rings. The number of anilines is 1. The van der Waals surface area contributed by atoms with Crippen LogP contribution in [0, 0.1) is 6.92 Å². The van der Waals surface area contributed by atoms with E-state index in [1.807, 2.05) is 6.92 Å². The van der Waals surface area contributed by atoms with Gasteiger partial charge in [0.25, 0.3) is 0 Å². The van der Waals surface area contributed by atoms with Crippen molar-refractivity contribution < 1.29 is 4.52 Å². The third-order valence-electron chi connectivity index (χ3n) is 5.07. The molecular weight excluding hydrogens is 328 g/mol. The highest BCUT2D eigenvalue weighted by molar-refractivity contribution is 5.42. The summed E-state index contributed by atoms with van der Waals surface area (Å²) >= 11 is 0. The van der Waals surface area contributed by atoms with Crippen molar-refractivity contribution in [3.63, 3.8) is 0 Å². The zero-order valence-corrected chi connectivity index (χ0v) is 16.2. The maximum Gasteiger partial charge on any atom is 0.240 e. The smallest absolute Gasteiger partial charge is 0.240 e. The van der Waals surface area contributed by atoms with Gasteiger partial charge >= 0.3 is 0 Å². The van der Waals surface area contributed by atoms with E-state index in [1.54, 1.807) is 0 Å². The zero-order chi connectivity index (χ0) is 18.3. The monoisotopic (exact) mass is 356 g/mol. The van der Waals surface area contributed by atoms with Crippen molar-refractivity contribution in [3.05, 3.63) is 29.3 Å². The van der Waals surface area contributed by atoms with E-state index in [4.69, 9.17) is 14.5 Å². The Morgan fingerprint density at radius 2 is 1.81 bits per heavy atom. The van der Waals surface area contributed by atoms with E-state index >= 15 is 0 Å². The highest BCUT2D eigenvalue weighted by Crippen LogP contribution is 2.39. The van der Waals surface area contributed by atoms with Gasteiger partial charge in [-0.1, -0.05) is 25.9 Å². The van der Waals surface area contributed by atoms with Gasteiger partial charge in [0.15, 0.2) is 5.82 Å². The molecule has 140 valence electrons. The normalized spacial score (nSPS) is 19.2. The minimum atomic E-state index is 0.0406. The molecule has 26 heavy (non-hydrogen) atoms. The summed E-state index contributed by atoms with van der Waals surface area (Å²) in [6.45, 7) is 13.1. The quantitative estimate of drug-likeness (QED) is 0.834. The van der Waals surface area contributed by atoms with Crippen molar-refractivity contribution in [1.82, 2.24) is 25.0 Å². The summed E-state index contributed by atoms with van der Waals surface area (Å²) in [5, 5.41) is 3.87. The lowest BCUT2D eigenvalue weighted by molar-refractivity contribution is 0.215.